The molecule has 2 atom stereocenters. The molecule has 3 aromatic carbocycles. The Labute approximate surface area is 302 Å². The second-order valence-corrected chi connectivity index (χ2v) is 13.6. The first-order valence-corrected chi connectivity index (χ1v) is 17.3. The van der Waals surface area contributed by atoms with Crippen molar-refractivity contribution in [2.45, 2.75) is 43.9 Å². The Morgan fingerprint density at radius 3 is 2.49 bits per heavy atom. The maximum atomic E-state index is 13.9. The highest BCUT2D eigenvalue weighted by Crippen LogP contribution is 2.33. The summed E-state index contributed by atoms with van der Waals surface area (Å²) in [5.74, 6) is -0.891. The lowest BCUT2D eigenvalue weighted by Gasteiger charge is -2.33. The molecule has 2 aliphatic heterocycles. The minimum absolute atomic E-state index is 0.125. The van der Waals surface area contributed by atoms with E-state index in [2.05, 4.69) is 25.3 Å². The standard InChI is InChI=1S/C36H36Cl2F3N7O3/c1-46(35(50)26-17-24(8-10-32(26)51-2)30-19-42-45-44-30)20-25(23-7-9-27(37)28(38)18-23)13-16-47-14-11-22(12-15-47)33(49)34-43-29-5-3-4-6-31(29)48(34)21-36(39,40)41/h3-10,17-19,22,25,30H,11-16,20-21H2,1-2H3. The summed E-state index contributed by atoms with van der Waals surface area (Å²) in [7, 11) is 3.25. The van der Waals surface area contributed by atoms with Crippen molar-refractivity contribution in [2.75, 3.05) is 40.3 Å². The number of methoxy groups -OCH3 is 1. The van der Waals surface area contributed by atoms with Gasteiger partial charge in [-0.25, -0.2) is 4.98 Å². The molecule has 1 aromatic heterocycles. The number of hydrogen-bond donors (Lipinski definition) is 0. The lowest BCUT2D eigenvalue weighted by Crippen LogP contribution is -2.39. The number of ketones is 1. The monoisotopic (exact) mass is 741 g/mol. The van der Waals surface area contributed by atoms with Gasteiger partial charge in [0.25, 0.3) is 5.91 Å². The largest absolute Gasteiger partial charge is 0.496 e. The van der Waals surface area contributed by atoms with Gasteiger partial charge in [-0.2, -0.15) is 18.3 Å². The number of para-hydroxylation sites is 2. The summed E-state index contributed by atoms with van der Waals surface area (Å²) >= 11 is 12.7. The zero-order chi connectivity index (χ0) is 36.3. The van der Waals surface area contributed by atoms with E-state index in [1.54, 1.807) is 60.6 Å². The number of likely N-dealkylation sites (tertiary alicyclic amines) is 1. The molecule has 2 aliphatic rings. The number of carbonyl (C=O) groups is 2. The van der Waals surface area contributed by atoms with Crippen molar-refractivity contribution in [1.82, 2.24) is 19.4 Å². The van der Waals surface area contributed by atoms with Crippen LogP contribution in [0.4, 0.5) is 13.2 Å². The van der Waals surface area contributed by atoms with Crippen LogP contribution in [0.25, 0.3) is 11.0 Å². The molecule has 0 radical (unpaired) electrons. The number of benzene rings is 3. The second-order valence-electron chi connectivity index (χ2n) is 12.8. The predicted octanol–water partition coefficient (Wildman–Crippen LogP) is 8.25. The molecular weight excluding hydrogens is 706 g/mol. The van der Waals surface area contributed by atoms with Crippen LogP contribution in [0.3, 0.4) is 0 Å². The van der Waals surface area contributed by atoms with E-state index >= 15 is 0 Å². The Morgan fingerprint density at radius 2 is 1.80 bits per heavy atom. The average Bonchev–Trinajstić information content (AvgIpc) is 3.79. The number of imidazole rings is 1. The molecule has 6 rings (SSSR count). The van der Waals surface area contributed by atoms with Gasteiger partial charge >= 0.3 is 6.18 Å². The highest BCUT2D eigenvalue weighted by Gasteiger charge is 2.35. The zero-order valence-corrected chi connectivity index (χ0v) is 29.5. The molecule has 0 bridgehead atoms. The third-order valence-electron chi connectivity index (χ3n) is 9.45. The smallest absolute Gasteiger partial charge is 0.406 e. The molecule has 3 heterocycles. The van der Waals surface area contributed by atoms with E-state index in [1.165, 1.54) is 7.11 Å². The number of hydrogen-bond acceptors (Lipinski definition) is 8. The number of piperidine rings is 1. The summed E-state index contributed by atoms with van der Waals surface area (Å²) in [6.07, 6.45) is -1.26. The number of carbonyl (C=O) groups excluding carboxylic acids is 2. The first-order valence-electron chi connectivity index (χ1n) is 16.5. The van der Waals surface area contributed by atoms with Crippen molar-refractivity contribution >= 4 is 52.1 Å². The fraction of sp³-hybridized carbons (Fsp3) is 0.389. The molecule has 1 fully saturated rings. The minimum Gasteiger partial charge on any atom is -0.496 e. The maximum Gasteiger partial charge on any atom is 0.406 e. The highest BCUT2D eigenvalue weighted by atomic mass is 35.5. The van der Waals surface area contributed by atoms with E-state index in [-0.39, 0.29) is 35.0 Å². The van der Waals surface area contributed by atoms with Gasteiger partial charge in [0.2, 0.25) is 5.78 Å². The van der Waals surface area contributed by atoms with Crippen molar-refractivity contribution in [3.05, 3.63) is 93.2 Å². The van der Waals surface area contributed by atoms with Gasteiger partial charge in [0.1, 0.15) is 18.3 Å². The number of nitrogens with zero attached hydrogens (tertiary/aromatic N) is 7. The molecule has 15 heteroatoms. The Balaban J connectivity index is 1.14. The van der Waals surface area contributed by atoms with Crippen molar-refractivity contribution in [2.24, 2.45) is 21.4 Å². The Bertz CT molecular complexity index is 1960. The topological polar surface area (TPSA) is 105 Å². The minimum atomic E-state index is -4.50. The van der Waals surface area contributed by atoms with Gasteiger partial charge < -0.3 is 19.1 Å². The first-order chi connectivity index (χ1) is 24.4. The van der Waals surface area contributed by atoms with Gasteiger partial charge in [-0.1, -0.05) is 47.5 Å². The Morgan fingerprint density at radius 1 is 1.04 bits per heavy atom. The lowest BCUT2D eigenvalue weighted by atomic mass is 9.90. The number of amides is 1. The fourth-order valence-corrected chi connectivity index (χ4v) is 7.04. The van der Waals surface area contributed by atoms with Crippen LogP contribution in [-0.2, 0) is 6.54 Å². The van der Waals surface area contributed by atoms with E-state index in [4.69, 9.17) is 27.9 Å². The van der Waals surface area contributed by atoms with E-state index in [9.17, 15) is 22.8 Å². The molecule has 0 aliphatic carbocycles. The van der Waals surface area contributed by atoms with Crippen molar-refractivity contribution in [3.63, 3.8) is 0 Å². The number of rotatable bonds is 12. The second kappa shape index (κ2) is 15.5. The molecule has 0 N–H and O–H groups in total. The van der Waals surface area contributed by atoms with Gasteiger partial charge in [-0.3, -0.25) is 9.59 Å². The van der Waals surface area contributed by atoms with Crippen molar-refractivity contribution in [1.29, 1.82) is 0 Å². The number of Topliss-reactive ketones (excluding diaryl/α,β-unsaturated/α-hetero) is 1. The van der Waals surface area contributed by atoms with Crippen LogP contribution in [-0.4, -0.2) is 83.8 Å². The quantitative estimate of drug-likeness (QED) is 0.136. The van der Waals surface area contributed by atoms with Crippen LogP contribution < -0.4 is 4.74 Å². The molecule has 0 saturated carbocycles. The molecule has 10 nitrogen and oxygen atoms in total. The third kappa shape index (κ3) is 8.43. The van der Waals surface area contributed by atoms with Crippen LogP contribution in [0.2, 0.25) is 10.0 Å². The number of likely N-dealkylation sites (N-methyl/N-ethyl adjacent to an activating group) is 1. The number of fused-ring (bicyclic) bond motifs is 1. The van der Waals surface area contributed by atoms with Crippen LogP contribution in [0.5, 0.6) is 5.75 Å². The zero-order valence-electron chi connectivity index (χ0n) is 28.0. The highest BCUT2D eigenvalue weighted by molar-refractivity contribution is 6.42. The summed E-state index contributed by atoms with van der Waals surface area (Å²) in [6, 6.07) is 16.9. The molecule has 51 heavy (non-hydrogen) atoms. The molecule has 2 unspecified atom stereocenters. The Kier molecular flexibility index (Phi) is 11.1. The van der Waals surface area contributed by atoms with Gasteiger partial charge in [0.15, 0.2) is 5.82 Å². The van der Waals surface area contributed by atoms with Gasteiger partial charge in [0.05, 0.1) is 40.0 Å². The number of alkyl halides is 3. The summed E-state index contributed by atoms with van der Waals surface area (Å²) < 4.78 is 47.0. The fourth-order valence-electron chi connectivity index (χ4n) is 6.73. The van der Waals surface area contributed by atoms with Crippen LogP contribution in [0.1, 0.15) is 63.3 Å². The van der Waals surface area contributed by atoms with Crippen LogP contribution in [0, 0.1) is 5.92 Å². The number of aromatic nitrogens is 2. The summed E-state index contributed by atoms with van der Waals surface area (Å²) in [5, 5.41) is 12.4. The van der Waals surface area contributed by atoms with Crippen molar-refractivity contribution in [3.8, 4) is 5.75 Å². The summed E-state index contributed by atoms with van der Waals surface area (Å²) in [6.45, 7) is 0.916. The molecule has 1 saturated heterocycles. The van der Waals surface area contributed by atoms with Gasteiger partial charge in [-0.05, 0) is 91.6 Å². The predicted molar refractivity (Wildman–Crippen MR) is 189 cm³/mol. The van der Waals surface area contributed by atoms with Gasteiger partial charge in [0, 0.05) is 25.4 Å². The van der Waals surface area contributed by atoms with Crippen LogP contribution in [0.15, 0.2) is 76.1 Å². The molecular formula is C36H36Cl2F3N7O3. The van der Waals surface area contributed by atoms with Gasteiger partial charge in [-0.15, -0.1) is 5.10 Å². The number of halogens is 5. The lowest BCUT2D eigenvalue weighted by molar-refractivity contribution is -0.140. The van der Waals surface area contributed by atoms with Crippen LogP contribution >= 0.6 is 23.2 Å². The third-order valence-corrected chi connectivity index (χ3v) is 10.2. The Hall–Kier alpha value is -4.33. The normalized spacial score (nSPS) is 17.3. The number of ether oxygens (including phenoxy) is 1. The maximum absolute atomic E-state index is 13.9. The average molecular weight is 743 g/mol. The first kappa shape index (κ1) is 36.5. The molecule has 1 amide bonds. The van der Waals surface area contributed by atoms with E-state index in [1.807, 2.05) is 18.2 Å². The SMILES string of the molecule is COc1ccc(C2C=NN=N2)cc1C(=O)N(C)CC(CCN1CCC(C(=O)c2nc3ccccc3n2CC(F)(F)F)CC1)c1ccc(Cl)c(Cl)c1. The van der Waals surface area contributed by atoms with E-state index in [0.29, 0.717) is 72.3 Å². The molecule has 268 valence electrons. The molecule has 0 spiro atoms. The summed E-state index contributed by atoms with van der Waals surface area (Å²) in [4.78, 5) is 35.6. The summed E-state index contributed by atoms with van der Waals surface area (Å²) in [5.41, 5.74) is 2.71. The van der Waals surface area contributed by atoms with Crippen molar-refractivity contribution < 1.29 is 27.5 Å². The van der Waals surface area contributed by atoms with E-state index in [0.717, 1.165) is 15.7 Å². The van der Waals surface area contributed by atoms with E-state index < -0.39 is 18.6 Å². The molecule has 4 aromatic rings.